The normalized spacial score (nSPS) is 11.8. The van der Waals surface area contributed by atoms with Gasteiger partial charge in [-0.25, -0.2) is 4.98 Å². The lowest BCUT2D eigenvalue weighted by molar-refractivity contribution is 0.491. The van der Waals surface area contributed by atoms with E-state index in [0.29, 0.717) is 0 Å². The number of hydrogen-bond donors (Lipinski definition) is 1. The monoisotopic (exact) mass is 329 g/mol. The molecule has 6 heteroatoms. The molecule has 2 rings (SSSR count). The maximum atomic E-state index is 5.42. The summed E-state index contributed by atoms with van der Waals surface area (Å²) in [5.74, 6) is 1.84. The molecular formula is C12H16BrN3OS. The third-order valence-electron chi connectivity index (χ3n) is 2.37. The first-order valence-electron chi connectivity index (χ1n) is 5.77. The molecule has 98 valence electrons. The van der Waals surface area contributed by atoms with Crippen molar-refractivity contribution in [3.8, 4) is 0 Å². The van der Waals surface area contributed by atoms with Gasteiger partial charge in [-0.1, -0.05) is 20.8 Å². The van der Waals surface area contributed by atoms with Crippen LogP contribution in [0.25, 0.3) is 0 Å². The summed E-state index contributed by atoms with van der Waals surface area (Å²) in [6.07, 6.45) is 0.829. The van der Waals surface area contributed by atoms with Gasteiger partial charge in [0.25, 0.3) is 0 Å². The van der Waals surface area contributed by atoms with Crippen LogP contribution in [0.15, 0.2) is 21.2 Å². The number of anilines is 1. The van der Waals surface area contributed by atoms with Crippen LogP contribution < -0.4 is 5.32 Å². The summed E-state index contributed by atoms with van der Waals surface area (Å²) in [5, 5.41) is 4.13. The first kappa shape index (κ1) is 13.5. The molecule has 0 radical (unpaired) electrons. The average molecular weight is 330 g/mol. The number of furan rings is 1. The van der Waals surface area contributed by atoms with Crippen LogP contribution in [0, 0.1) is 0 Å². The molecule has 2 aromatic heterocycles. The van der Waals surface area contributed by atoms with Gasteiger partial charge in [0.1, 0.15) is 11.6 Å². The second kappa shape index (κ2) is 5.40. The van der Waals surface area contributed by atoms with E-state index in [1.54, 1.807) is 0 Å². The first-order valence-corrected chi connectivity index (χ1v) is 7.34. The van der Waals surface area contributed by atoms with Crippen molar-refractivity contribution in [3.63, 3.8) is 0 Å². The molecule has 0 atom stereocenters. The van der Waals surface area contributed by atoms with Crippen LogP contribution in [-0.4, -0.2) is 15.9 Å². The van der Waals surface area contributed by atoms with Gasteiger partial charge < -0.3 is 9.73 Å². The fraction of sp³-hybridized carbons (Fsp3) is 0.500. The average Bonchev–Trinajstić information content (AvgIpc) is 2.87. The maximum Gasteiger partial charge on any atom is 0.202 e. The van der Waals surface area contributed by atoms with E-state index in [0.717, 1.165) is 34.4 Å². The Balaban J connectivity index is 1.85. The Kier molecular flexibility index (Phi) is 4.07. The highest BCUT2D eigenvalue weighted by Gasteiger charge is 2.19. The largest absolute Gasteiger partial charge is 0.454 e. The Morgan fingerprint density at radius 3 is 2.72 bits per heavy atom. The van der Waals surface area contributed by atoms with Gasteiger partial charge >= 0.3 is 0 Å². The van der Waals surface area contributed by atoms with Crippen LogP contribution in [0.1, 0.15) is 32.4 Å². The molecule has 0 unspecified atom stereocenters. The molecule has 2 aromatic rings. The molecule has 18 heavy (non-hydrogen) atoms. The highest BCUT2D eigenvalue weighted by atomic mass is 79.9. The zero-order chi connectivity index (χ0) is 13.2. The first-order chi connectivity index (χ1) is 8.45. The minimum Gasteiger partial charge on any atom is -0.454 e. The molecule has 0 bridgehead atoms. The minimum absolute atomic E-state index is 0.00229. The lowest BCUT2D eigenvalue weighted by atomic mass is 9.96. The molecule has 0 saturated carbocycles. The molecule has 4 nitrogen and oxygen atoms in total. The predicted molar refractivity (Wildman–Crippen MR) is 77.2 cm³/mol. The molecule has 1 N–H and O–H groups in total. The maximum absolute atomic E-state index is 5.42. The number of rotatable bonds is 4. The van der Waals surface area contributed by atoms with Crippen molar-refractivity contribution in [1.29, 1.82) is 0 Å². The topological polar surface area (TPSA) is 51.0 Å². The van der Waals surface area contributed by atoms with Crippen LogP contribution in [-0.2, 0) is 11.8 Å². The molecule has 0 aliphatic heterocycles. The van der Waals surface area contributed by atoms with E-state index < -0.39 is 0 Å². The molecule has 0 aliphatic carbocycles. The van der Waals surface area contributed by atoms with Gasteiger partial charge in [0.15, 0.2) is 4.67 Å². The lowest BCUT2D eigenvalue weighted by Crippen LogP contribution is -2.13. The fourth-order valence-electron chi connectivity index (χ4n) is 1.38. The zero-order valence-electron chi connectivity index (χ0n) is 10.7. The summed E-state index contributed by atoms with van der Waals surface area (Å²) >= 11 is 4.69. The molecule has 0 aromatic carbocycles. The molecule has 0 spiro atoms. The summed E-state index contributed by atoms with van der Waals surface area (Å²) in [4.78, 5) is 4.47. The van der Waals surface area contributed by atoms with Crippen molar-refractivity contribution in [2.75, 3.05) is 11.9 Å². The standard InChI is InChI=1S/C12H16BrN3OS/c1-12(2,3)10-15-11(18-16-10)14-7-6-8-4-5-9(13)17-8/h4-5H,6-7H2,1-3H3,(H,14,15,16). The van der Waals surface area contributed by atoms with Crippen LogP contribution in [0.4, 0.5) is 5.13 Å². The van der Waals surface area contributed by atoms with Gasteiger partial charge in [-0.2, -0.15) is 4.37 Å². The summed E-state index contributed by atoms with van der Waals surface area (Å²) in [6.45, 7) is 7.12. The van der Waals surface area contributed by atoms with Gasteiger partial charge in [-0.15, -0.1) is 0 Å². The second-order valence-electron chi connectivity index (χ2n) is 5.06. The van der Waals surface area contributed by atoms with E-state index in [1.165, 1.54) is 11.5 Å². The highest BCUT2D eigenvalue weighted by molar-refractivity contribution is 9.10. The molecule has 0 aliphatic rings. The van der Waals surface area contributed by atoms with Crippen molar-refractivity contribution in [2.45, 2.75) is 32.6 Å². The Morgan fingerprint density at radius 1 is 1.39 bits per heavy atom. The predicted octanol–water partition coefficient (Wildman–Crippen LogP) is 3.85. The van der Waals surface area contributed by atoms with E-state index in [9.17, 15) is 0 Å². The van der Waals surface area contributed by atoms with Crippen LogP contribution in [0.5, 0.6) is 0 Å². The van der Waals surface area contributed by atoms with Gasteiger partial charge in [-0.05, 0) is 28.1 Å². The van der Waals surface area contributed by atoms with Gasteiger partial charge in [0.05, 0.1) is 0 Å². The number of nitrogens with one attached hydrogen (secondary N) is 1. The number of hydrogen-bond acceptors (Lipinski definition) is 5. The third-order valence-corrected chi connectivity index (χ3v) is 3.47. The second-order valence-corrected chi connectivity index (χ2v) is 6.59. The Hall–Kier alpha value is -0.880. The Labute approximate surface area is 119 Å². The molecule has 0 saturated heterocycles. The lowest BCUT2D eigenvalue weighted by Gasteiger charge is -2.12. The highest BCUT2D eigenvalue weighted by Crippen LogP contribution is 2.23. The van der Waals surface area contributed by atoms with Crippen LogP contribution in [0.2, 0.25) is 0 Å². The smallest absolute Gasteiger partial charge is 0.202 e. The third kappa shape index (κ3) is 3.55. The number of nitrogens with zero attached hydrogens (tertiary/aromatic N) is 2. The van der Waals surface area contributed by atoms with Crippen LogP contribution in [0.3, 0.4) is 0 Å². The summed E-state index contributed by atoms with van der Waals surface area (Å²) in [6, 6.07) is 3.87. The summed E-state index contributed by atoms with van der Waals surface area (Å²) in [7, 11) is 0. The van der Waals surface area contributed by atoms with Crippen molar-refractivity contribution in [1.82, 2.24) is 9.36 Å². The van der Waals surface area contributed by atoms with Crippen molar-refractivity contribution >= 4 is 32.6 Å². The van der Waals surface area contributed by atoms with Crippen LogP contribution >= 0.6 is 27.5 Å². The van der Waals surface area contributed by atoms with E-state index in [4.69, 9.17) is 4.42 Å². The van der Waals surface area contributed by atoms with Crippen molar-refractivity contribution in [2.24, 2.45) is 0 Å². The van der Waals surface area contributed by atoms with E-state index in [2.05, 4.69) is 51.4 Å². The molecular weight excluding hydrogens is 314 g/mol. The van der Waals surface area contributed by atoms with Gasteiger partial charge in [-0.3, -0.25) is 0 Å². The van der Waals surface area contributed by atoms with Crippen molar-refractivity contribution in [3.05, 3.63) is 28.4 Å². The molecule has 2 heterocycles. The molecule has 0 fully saturated rings. The SMILES string of the molecule is CC(C)(C)c1nsc(NCCc2ccc(Br)o2)n1. The Morgan fingerprint density at radius 2 is 2.17 bits per heavy atom. The van der Waals surface area contributed by atoms with E-state index in [1.807, 2.05) is 12.1 Å². The molecule has 0 amide bonds. The summed E-state index contributed by atoms with van der Waals surface area (Å²) < 4.78 is 10.5. The zero-order valence-corrected chi connectivity index (χ0v) is 13.1. The quantitative estimate of drug-likeness (QED) is 0.925. The minimum atomic E-state index is 0.00229. The summed E-state index contributed by atoms with van der Waals surface area (Å²) in [5.41, 5.74) is 0.00229. The fourth-order valence-corrected chi connectivity index (χ4v) is 2.50. The van der Waals surface area contributed by atoms with E-state index in [-0.39, 0.29) is 5.41 Å². The number of aromatic nitrogens is 2. The Bertz CT molecular complexity index is 515. The van der Waals surface area contributed by atoms with Gasteiger partial charge in [0.2, 0.25) is 5.13 Å². The van der Waals surface area contributed by atoms with Crippen molar-refractivity contribution < 1.29 is 4.42 Å². The van der Waals surface area contributed by atoms with Gasteiger partial charge in [0, 0.05) is 29.9 Å². The van der Waals surface area contributed by atoms with E-state index >= 15 is 0 Å². The number of halogens is 1.